The predicted octanol–water partition coefficient (Wildman–Crippen LogP) is 5.81. The van der Waals surface area contributed by atoms with Crippen LogP contribution in [0.25, 0.3) is 0 Å². The smallest absolute Gasteiger partial charge is 0.0412 e. The Hall–Kier alpha value is 0. The third-order valence-electron chi connectivity index (χ3n) is 3.67. The topological polar surface area (TPSA) is 0 Å². The van der Waals surface area contributed by atoms with Crippen LogP contribution in [0.1, 0.15) is 85.5 Å². The second-order valence-corrected chi connectivity index (χ2v) is 4.80. The molecule has 1 rings (SSSR count). The Morgan fingerprint density at radius 3 is 2.07 bits per heavy atom. The van der Waals surface area contributed by atoms with E-state index in [1.807, 2.05) is 13.8 Å². The van der Waals surface area contributed by atoms with Crippen LogP contribution in [0.15, 0.2) is 0 Å². The molecule has 0 radical (unpaired) electrons. The maximum absolute atomic E-state index is 2.36. The largest absolute Gasteiger partial charge is 0.0683 e. The first kappa shape index (κ1) is 15.0. The van der Waals surface area contributed by atoms with Gasteiger partial charge in [-0.15, -0.1) is 0 Å². The predicted molar refractivity (Wildman–Crippen MR) is 71.2 cm³/mol. The zero-order valence-electron chi connectivity index (χ0n) is 11.5. The van der Waals surface area contributed by atoms with Gasteiger partial charge in [0.05, 0.1) is 0 Å². The van der Waals surface area contributed by atoms with Gasteiger partial charge in [-0.1, -0.05) is 79.1 Å². The minimum atomic E-state index is 1.04. The van der Waals surface area contributed by atoms with Gasteiger partial charge in [-0.2, -0.15) is 0 Å². The molecule has 0 aliphatic heterocycles. The van der Waals surface area contributed by atoms with E-state index in [4.69, 9.17) is 0 Å². The summed E-state index contributed by atoms with van der Waals surface area (Å²) < 4.78 is 0. The zero-order chi connectivity index (χ0) is 11.5. The van der Waals surface area contributed by atoms with E-state index in [0.29, 0.717) is 0 Å². The number of hydrogen-bond acceptors (Lipinski definition) is 0. The average Bonchev–Trinajstić information content (AvgIpc) is 2.32. The van der Waals surface area contributed by atoms with Crippen molar-refractivity contribution < 1.29 is 0 Å². The minimum absolute atomic E-state index is 1.04. The molecule has 1 saturated carbocycles. The third-order valence-corrected chi connectivity index (χ3v) is 3.67. The maximum atomic E-state index is 2.36. The molecule has 0 heteroatoms. The highest BCUT2D eigenvalue weighted by molar-refractivity contribution is 4.69. The lowest BCUT2D eigenvalue weighted by Crippen LogP contribution is -2.11. The van der Waals surface area contributed by atoms with Gasteiger partial charge in [0.15, 0.2) is 0 Å². The molecule has 0 heterocycles. The summed E-state index contributed by atoms with van der Waals surface area (Å²) in [6, 6.07) is 0. The van der Waals surface area contributed by atoms with Crippen molar-refractivity contribution in [1.29, 1.82) is 0 Å². The Labute approximate surface area is 97.8 Å². The van der Waals surface area contributed by atoms with Gasteiger partial charge in [0.2, 0.25) is 0 Å². The van der Waals surface area contributed by atoms with Crippen LogP contribution in [-0.4, -0.2) is 0 Å². The summed E-state index contributed by atoms with van der Waals surface area (Å²) in [6.07, 6.45) is 13.4. The number of rotatable bonds is 5. The fourth-order valence-corrected chi connectivity index (χ4v) is 2.79. The first-order chi connectivity index (χ1) is 7.36. The van der Waals surface area contributed by atoms with Crippen molar-refractivity contribution in [1.82, 2.24) is 0 Å². The summed E-state index contributed by atoms with van der Waals surface area (Å²) >= 11 is 0. The molecule has 0 nitrogen and oxygen atoms in total. The van der Waals surface area contributed by atoms with Gasteiger partial charge in [-0.3, -0.25) is 0 Å². The summed E-state index contributed by atoms with van der Waals surface area (Å²) in [6.45, 7) is 8.69. The van der Waals surface area contributed by atoms with Crippen LogP contribution in [0.3, 0.4) is 0 Å². The lowest BCUT2D eigenvalue weighted by Gasteiger charge is -2.25. The first-order valence-electron chi connectivity index (χ1n) is 7.36. The summed E-state index contributed by atoms with van der Waals surface area (Å²) in [5.41, 5.74) is 0. The van der Waals surface area contributed by atoms with Crippen LogP contribution < -0.4 is 0 Å². The highest BCUT2D eigenvalue weighted by Gasteiger charge is 2.17. The van der Waals surface area contributed by atoms with Gasteiger partial charge >= 0.3 is 0 Å². The van der Waals surface area contributed by atoms with Crippen LogP contribution in [-0.2, 0) is 0 Å². The van der Waals surface area contributed by atoms with Crippen LogP contribution in [0.5, 0.6) is 0 Å². The first-order valence-corrected chi connectivity index (χ1v) is 7.36. The lowest BCUT2D eigenvalue weighted by atomic mass is 9.81. The maximum Gasteiger partial charge on any atom is -0.0412 e. The van der Waals surface area contributed by atoms with Gasteiger partial charge in [0.1, 0.15) is 0 Å². The SMILES string of the molecule is CC.CCCC(CC)CC1CCCCC1. The molecule has 0 aromatic rings. The molecule has 1 atom stereocenters. The van der Waals surface area contributed by atoms with Crippen LogP contribution in [0, 0.1) is 11.8 Å². The Kier molecular flexibility index (Phi) is 10.5. The molecule has 1 aliphatic carbocycles. The van der Waals surface area contributed by atoms with Crippen molar-refractivity contribution in [3.05, 3.63) is 0 Å². The van der Waals surface area contributed by atoms with Gasteiger partial charge < -0.3 is 0 Å². The quantitative estimate of drug-likeness (QED) is 0.539. The van der Waals surface area contributed by atoms with Crippen LogP contribution in [0.2, 0.25) is 0 Å². The molecule has 1 aliphatic rings. The average molecular weight is 212 g/mol. The minimum Gasteiger partial charge on any atom is -0.0683 e. The van der Waals surface area contributed by atoms with E-state index in [2.05, 4.69) is 13.8 Å². The molecule has 15 heavy (non-hydrogen) atoms. The zero-order valence-corrected chi connectivity index (χ0v) is 11.5. The van der Waals surface area contributed by atoms with Crippen LogP contribution in [0.4, 0.5) is 0 Å². The molecule has 1 fully saturated rings. The monoisotopic (exact) mass is 212 g/mol. The second-order valence-electron chi connectivity index (χ2n) is 4.80. The molecule has 0 amide bonds. The molecule has 0 spiro atoms. The fraction of sp³-hybridized carbons (Fsp3) is 1.00. The second kappa shape index (κ2) is 10.5. The van der Waals surface area contributed by atoms with E-state index in [9.17, 15) is 0 Å². The van der Waals surface area contributed by atoms with E-state index in [0.717, 1.165) is 11.8 Å². The lowest BCUT2D eigenvalue weighted by molar-refractivity contribution is 0.273. The van der Waals surface area contributed by atoms with Crippen molar-refractivity contribution in [2.24, 2.45) is 11.8 Å². The molecule has 92 valence electrons. The molecule has 0 aromatic heterocycles. The van der Waals surface area contributed by atoms with Gasteiger partial charge in [-0.25, -0.2) is 0 Å². The van der Waals surface area contributed by atoms with E-state index in [-0.39, 0.29) is 0 Å². The number of hydrogen-bond donors (Lipinski definition) is 0. The fourth-order valence-electron chi connectivity index (χ4n) is 2.79. The summed E-state index contributed by atoms with van der Waals surface area (Å²) in [5, 5.41) is 0. The Morgan fingerprint density at radius 2 is 1.60 bits per heavy atom. The summed E-state index contributed by atoms with van der Waals surface area (Å²) in [5.74, 6) is 2.12. The normalized spacial score (nSPS) is 19.2. The highest BCUT2D eigenvalue weighted by Crippen LogP contribution is 2.31. The standard InChI is InChI=1S/C13H26.C2H6/c1-3-8-12(4-2)11-13-9-6-5-7-10-13;1-2/h12-13H,3-11H2,1-2H3;1-2H3. The van der Waals surface area contributed by atoms with E-state index in [1.54, 1.807) is 0 Å². The molecule has 0 bridgehead atoms. The van der Waals surface area contributed by atoms with Gasteiger partial charge in [0.25, 0.3) is 0 Å². The van der Waals surface area contributed by atoms with E-state index >= 15 is 0 Å². The molecule has 0 aromatic carbocycles. The van der Waals surface area contributed by atoms with Crippen molar-refractivity contribution in [3.8, 4) is 0 Å². The molecule has 0 N–H and O–H groups in total. The summed E-state index contributed by atoms with van der Waals surface area (Å²) in [7, 11) is 0. The van der Waals surface area contributed by atoms with Gasteiger partial charge in [-0.05, 0) is 18.3 Å². The van der Waals surface area contributed by atoms with Crippen molar-refractivity contribution in [2.45, 2.75) is 85.5 Å². The molecule has 0 saturated heterocycles. The highest BCUT2D eigenvalue weighted by atomic mass is 14.2. The Balaban J connectivity index is 0.000000921. The Morgan fingerprint density at radius 1 is 1.00 bits per heavy atom. The molecular weight excluding hydrogens is 180 g/mol. The Bertz CT molecular complexity index is 108. The molecular formula is C15H32. The van der Waals surface area contributed by atoms with E-state index in [1.165, 1.54) is 57.8 Å². The van der Waals surface area contributed by atoms with Crippen molar-refractivity contribution >= 4 is 0 Å². The third kappa shape index (κ3) is 6.98. The van der Waals surface area contributed by atoms with Crippen LogP contribution >= 0.6 is 0 Å². The van der Waals surface area contributed by atoms with Crippen molar-refractivity contribution in [2.75, 3.05) is 0 Å². The van der Waals surface area contributed by atoms with Gasteiger partial charge in [0, 0.05) is 0 Å². The van der Waals surface area contributed by atoms with Crippen molar-refractivity contribution in [3.63, 3.8) is 0 Å². The molecule has 1 unspecified atom stereocenters. The summed E-state index contributed by atoms with van der Waals surface area (Å²) in [4.78, 5) is 0. The van der Waals surface area contributed by atoms with E-state index < -0.39 is 0 Å².